The molecule has 2 nitrogen and oxygen atoms in total. The molecule has 0 heterocycles. The van der Waals surface area contributed by atoms with E-state index in [4.69, 9.17) is 4.74 Å². The van der Waals surface area contributed by atoms with Gasteiger partial charge in [-0.25, -0.2) is 0 Å². The summed E-state index contributed by atoms with van der Waals surface area (Å²) in [6.45, 7) is 3.95. The fraction of sp³-hybridized carbons (Fsp3) is 0.538. The van der Waals surface area contributed by atoms with Crippen molar-refractivity contribution in [3.8, 4) is 0 Å². The van der Waals surface area contributed by atoms with Crippen LogP contribution in [0.4, 0.5) is 0 Å². The zero-order valence-corrected chi connectivity index (χ0v) is 9.55. The molecule has 0 aliphatic heterocycles. The molecular formula is C13H19NO. The van der Waals surface area contributed by atoms with E-state index < -0.39 is 0 Å². The van der Waals surface area contributed by atoms with Crippen LogP contribution in [-0.2, 0) is 17.9 Å². The lowest BCUT2D eigenvalue weighted by Crippen LogP contribution is -2.26. The normalized spacial score (nSPS) is 17.7. The Morgan fingerprint density at radius 3 is 2.73 bits per heavy atom. The molecule has 82 valence electrons. The second-order valence-corrected chi connectivity index (χ2v) is 4.67. The fourth-order valence-corrected chi connectivity index (χ4v) is 1.68. The molecule has 1 saturated carbocycles. The van der Waals surface area contributed by atoms with Gasteiger partial charge in [-0.2, -0.15) is 0 Å². The van der Waals surface area contributed by atoms with Gasteiger partial charge in [0.25, 0.3) is 0 Å². The average Bonchev–Trinajstić information content (AvgIpc) is 2.96. The van der Waals surface area contributed by atoms with Gasteiger partial charge in [0.15, 0.2) is 0 Å². The molecule has 0 amide bonds. The quantitative estimate of drug-likeness (QED) is 0.797. The fourth-order valence-electron chi connectivity index (χ4n) is 1.68. The van der Waals surface area contributed by atoms with E-state index in [0.29, 0.717) is 12.1 Å². The first-order valence-corrected chi connectivity index (χ1v) is 5.54. The molecule has 1 aliphatic rings. The van der Waals surface area contributed by atoms with Crippen LogP contribution in [0.5, 0.6) is 0 Å². The maximum atomic E-state index is 5.12. The second-order valence-electron chi connectivity index (χ2n) is 4.67. The first kappa shape index (κ1) is 10.7. The number of benzene rings is 1. The van der Waals surface area contributed by atoms with Crippen LogP contribution in [0.25, 0.3) is 0 Å². The summed E-state index contributed by atoms with van der Waals surface area (Å²) in [6.07, 6.45) is 2.62. The van der Waals surface area contributed by atoms with E-state index in [2.05, 4.69) is 36.5 Å². The van der Waals surface area contributed by atoms with Crippen LogP contribution in [0.1, 0.15) is 30.9 Å². The van der Waals surface area contributed by atoms with Crippen molar-refractivity contribution in [3.63, 3.8) is 0 Å². The highest BCUT2D eigenvalue weighted by atomic mass is 16.5. The number of hydrogen-bond donors (Lipinski definition) is 1. The van der Waals surface area contributed by atoms with Gasteiger partial charge in [-0.3, -0.25) is 0 Å². The lowest BCUT2D eigenvalue weighted by atomic mass is 10.1. The van der Waals surface area contributed by atoms with Gasteiger partial charge in [0, 0.05) is 19.2 Å². The highest BCUT2D eigenvalue weighted by Crippen LogP contribution is 2.34. The van der Waals surface area contributed by atoms with Gasteiger partial charge < -0.3 is 10.1 Å². The largest absolute Gasteiger partial charge is 0.380 e. The predicted molar refractivity (Wildman–Crippen MR) is 61.6 cm³/mol. The Bertz CT molecular complexity index is 331. The van der Waals surface area contributed by atoms with Gasteiger partial charge in [0.2, 0.25) is 0 Å². The van der Waals surface area contributed by atoms with E-state index in [1.807, 2.05) is 0 Å². The third kappa shape index (κ3) is 3.05. The Morgan fingerprint density at radius 2 is 2.07 bits per heavy atom. The number of hydrogen-bond acceptors (Lipinski definition) is 2. The second kappa shape index (κ2) is 4.33. The molecule has 1 fully saturated rings. The molecule has 0 saturated heterocycles. The van der Waals surface area contributed by atoms with Gasteiger partial charge in [-0.1, -0.05) is 24.3 Å². The molecule has 0 unspecified atom stereocenters. The Kier molecular flexibility index (Phi) is 3.08. The third-order valence-corrected chi connectivity index (χ3v) is 3.02. The maximum absolute atomic E-state index is 5.12. The van der Waals surface area contributed by atoms with Gasteiger partial charge >= 0.3 is 0 Å². The molecule has 0 aromatic heterocycles. The van der Waals surface area contributed by atoms with Gasteiger partial charge in [0.1, 0.15) is 0 Å². The van der Waals surface area contributed by atoms with Crippen LogP contribution in [0.15, 0.2) is 24.3 Å². The standard InChI is InChI=1S/C13H19NO/c1-13(6-7-13)14-9-11-4-3-5-12(8-11)10-15-2/h3-5,8,14H,6-7,9-10H2,1-2H3. The van der Waals surface area contributed by atoms with Crippen molar-refractivity contribution in [1.29, 1.82) is 0 Å². The van der Waals surface area contributed by atoms with Crippen molar-refractivity contribution >= 4 is 0 Å². The van der Waals surface area contributed by atoms with Crippen molar-refractivity contribution < 1.29 is 4.74 Å². The van der Waals surface area contributed by atoms with Crippen molar-refractivity contribution in [2.24, 2.45) is 0 Å². The summed E-state index contributed by atoms with van der Waals surface area (Å²) >= 11 is 0. The van der Waals surface area contributed by atoms with Crippen LogP contribution < -0.4 is 5.32 Å². The zero-order chi connectivity index (χ0) is 10.7. The van der Waals surface area contributed by atoms with Crippen molar-refractivity contribution in [3.05, 3.63) is 35.4 Å². The van der Waals surface area contributed by atoms with Crippen molar-refractivity contribution in [2.75, 3.05) is 7.11 Å². The monoisotopic (exact) mass is 205 g/mol. The van der Waals surface area contributed by atoms with E-state index >= 15 is 0 Å². The summed E-state index contributed by atoms with van der Waals surface area (Å²) in [4.78, 5) is 0. The van der Waals surface area contributed by atoms with E-state index in [-0.39, 0.29) is 0 Å². The highest BCUT2D eigenvalue weighted by Gasteiger charge is 2.36. The van der Waals surface area contributed by atoms with Crippen molar-refractivity contribution in [1.82, 2.24) is 5.32 Å². The molecule has 1 N–H and O–H groups in total. The summed E-state index contributed by atoms with van der Waals surface area (Å²) in [6, 6.07) is 8.58. The molecule has 0 spiro atoms. The number of nitrogens with one attached hydrogen (secondary N) is 1. The SMILES string of the molecule is COCc1cccc(CNC2(C)CC2)c1. The third-order valence-electron chi connectivity index (χ3n) is 3.02. The summed E-state index contributed by atoms with van der Waals surface area (Å²) in [5, 5.41) is 3.58. The first-order chi connectivity index (χ1) is 7.22. The first-order valence-electron chi connectivity index (χ1n) is 5.54. The Labute approximate surface area is 91.6 Å². The minimum absolute atomic E-state index is 0.414. The molecule has 0 bridgehead atoms. The predicted octanol–water partition coefficient (Wildman–Crippen LogP) is 2.48. The Morgan fingerprint density at radius 1 is 1.33 bits per heavy atom. The highest BCUT2D eigenvalue weighted by molar-refractivity contribution is 5.23. The molecular weight excluding hydrogens is 186 g/mol. The summed E-state index contributed by atoms with van der Waals surface area (Å²) in [7, 11) is 1.73. The van der Waals surface area contributed by atoms with Gasteiger partial charge in [-0.05, 0) is 30.9 Å². The van der Waals surface area contributed by atoms with Crippen LogP contribution in [0.2, 0.25) is 0 Å². The molecule has 0 atom stereocenters. The molecule has 0 radical (unpaired) electrons. The summed E-state index contributed by atoms with van der Waals surface area (Å²) in [5.41, 5.74) is 3.01. The maximum Gasteiger partial charge on any atom is 0.0713 e. The van der Waals surface area contributed by atoms with Crippen LogP contribution in [0, 0.1) is 0 Å². The van der Waals surface area contributed by atoms with Gasteiger partial charge in [-0.15, -0.1) is 0 Å². The van der Waals surface area contributed by atoms with Crippen LogP contribution in [0.3, 0.4) is 0 Å². The number of rotatable bonds is 5. The molecule has 1 aromatic rings. The van der Waals surface area contributed by atoms with E-state index in [0.717, 1.165) is 6.54 Å². The average molecular weight is 205 g/mol. The van der Waals surface area contributed by atoms with Crippen LogP contribution in [-0.4, -0.2) is 12.6 Å². The molecule has 1 aromatic carbocycles. The minimum Gasteiger partial charge on any atom is -0.380 e. The lowest BCUT2D eigenvalue weighted by Gasteiger charge is -2.11. The Balaban J connectivity index is 1.92. The van der Waals surface area contributed by atoms with E-state index in [1.54, 1.807) is 7.11 Å². The summed E-state index contributed by atoms with van der Waals surface area (Å²) < 4.78 is 5.12. The number of methoxy groups -OCH3 is 1. The molecule has 2 heteroatoms. The minimum atomic E-state index is 0.414. The molecule has 2 rings (SSSR count). The molecule has 15 heavy (non-hydrogen) atoms. The topological polar surface area (TPSA) is 21.3 Å². The van der Waals surface area contributed by atoms with Crippen molar-refractivity contribution in [2.45, 2.75) is 38.5 Å². The van der Waals surface area contributed by atoms with Crippen LogP contribution >= 0.6 is 0 Å². The smallest absolute Gasteiger partial charge is 0.0713 e. The molecule has 1 aliphatic carbocycles. The lowest BCUT2D eigenvalue weighted by molar-refractivity contribution is 0.185. The van der Waals surface area contributed by atoms with Gasteiger partial charge in [0.05, 0.1) is 6.61 Å². The number of ether oxygens (including phenoxy) is 1. The summed E-state index contributed by atoms with van der Waals surface area (Å²) in [5.74, 6) is 0. The van der Waals surface area contributed by atoms with E-state index in [9.17, 15) is 0 Å². The zero-order valence-electron chi connectivity index (χ0n) is 9.55. The Hall–Kier alpha value is -0.860. The van der Waals surface area contributed by atoms with E-state index in [1.165, 1.54) is 24.0 Å².